The summed E-state index contributed by atoms with van der Waals surface area (Å²) < 4.78 is 11.7. The van der Waals surface area contributed by atoms with E-state index in [1.165, 1.54) is 11.6 Å². The third-order valence-electron chi connectivity index (χ3n) is 5.81. The minimum Gasteiger partial charge on any atom is -0.490 e. The van der Waals surface area contributed by atoms with Gasteiger partial charge in [-0.25, -0.2) is 9.69 Å². The highest BCUT2D eigenvalue weighted by Gasteiger charge is 2.37. The molecule has 0 aromatic heterocycles. The molecule has 1 heterocycles. The molecule has 0 spiro atoms. The predicted molar refractivity (Wildman–Crippen MR) is 138 cm³/mol. The van der Waals surface area contributed by atoms with Crippen molar-refractivity contribution < 1.29 is 23.9 Å². The molecular weight excluding hydrogens is 456 g/mol. The first kappa shape index (κ1) is 24.7. The number of urea groups is 1. The third kappa shape index (κ3) is 5.30. The van der Waals surface area contributed by atoms with Gasteiger partial charge in [0.25, 0.3) is 11.8 Å². The van der Waals surface area contributed by atoms with Gasteiger partial charge in [-0.3, -0.25) is 14.9 Å². The van der Waals surface area contributed by atoms with Crippen LogP contribution in [0.1, 0.15) is 36.1 Å². The van der Waals surface area contributed by atoms with Gasteiger partial charge in [-0.1, -0.05) is 61.0 Å². The highest BCUT2D eigenvalue weighted by molar-refractivity contribution is 6.39. The number of anilines is 1. The van der Waals surface area contributed by atoms with Crippen molar-refractivity contribution in [3.8, 4) is 11.5 Å². The normalized spacial score (nSPS) is 14.7. The molecule has 36 heavy (non-hydrogen) atoms. The SMILES string of the molecule is CCOc1cc(/C=C2/C(=O)NC(=O)N(c3ccccc3CC)C2=O)ccc1OCc1ccc(C)cc1. The number of para-hydroxylation sites is 1. The first-order chi connectivity index (χ1) is 17.4. The average molecular weight is 485 g/mol. The molecule has 0 atom stereocenters. The van der Waals surface area contributed by atoms with Crippen LogP contribution in [0.4, 0.5) is 10.5 Å². The topological polar surface area (TPSA) is 84.9 Å². The van der Waals surface area contributed by atoms with Gasteiger partial charge in [-0.15, -0.1) is 0 Å². The molecule has 3 aromatic rings. The molecule has 0 radical (unpaired) electrons. The number of hydrogen-bond acceptors (Lipinski definition) is 5. The molecule has 1 fully saturated rings. The van der Waals surface area contributed by atoms with E-state index in [1.807, 2.05) is 57.2 Å². The lowest BCUT2D eigenvalue weighted by molar-refractivity contribution is -0.122. The lowest BCUT2D eigenvalue weighted by Crippen LogP contribution is -2.54. The highest BCUT2D eigenvalue weighted by Crippen LogP contribution is 2.31. The summed E-state index contributed by atoms with van der Waals surface area (Å²) in [6.45, 7) is 6.61. The predicted octanol–water partition coefficient (Wildman–Crippen LogP) is 5.20. The molecule has 7 nitrogen and oxygen atoms in total. The molecule has 4 amide bonds. The van der Waals surface area contributed by atoms with Crippen LogP contribution in [0.25, 0.3) is 6.08 Å². The average Bonchev–Trinajstić information content (AvgIpc) is 2.87. The molecule has 4 rings (SSSR count). The van der Waals surface area contributed by atoms with Gasteiger partial charge in [0.15, 0.2) is 11.5 Å². The number of barbiturate groups is 1. The van der Waals surface area contributed by atoms with Gasteiger partial charge in [-0.05, 0) is 61.2 Å². The second-order valence-electron chi connectivity index (χ2n) is 8.35. The standard InChI is InChI=1S/C29H28N2O5/c1-4-22-8-6-7-9-24(22)31-28(33)23(27(32)30-29(31)34)16-21-14-15-25(26(17-21)35-5-2)36-18-20-12-10-19(3)11-13-20/h6-17H,4-5,18H2,1-3H3,(H,30,32,34)/b23-16-. The summed E-state index contributed by atoms with van der Waals surface area (Å²) in [6.07, 6.45) is 2.08. The monoisotopic (exact) mass is 484 g/mol. The van der Waals surface area contributed by atoms with E-state index in [-0.39, 0.29) is 5.57 Å². The van der Waals surface area contributed by atoms with Crippen molar-refractivity contribution >= 4 is 29.6 Å². The van der Waals surface area contributed by atoms with Crippen LogP contribution in [0.2, 0.25) is 0 Å². The van der Waals surface area contributed by atoms with Crippen molar-refractivity contribution in [2.45, 2.75) is 33.8 Å². The maximum atomic E-state index is 13.3. The van der Waals surface area contributed by atoms with E-state index in [4.69, 9.17) is 9.47 Å². The Kier molecular flexibility index (Phi) is 7.49. The Labute approximate surface area is 210 Å². The molecule has 0 aliphatic carbocycles. The minimum atomic E-state index is -0.766. The Hall–Kier alpha value is -4.39. The van der Waals surface area contributed by atoms with Crippen molar-refractivity contribution in [2.24, 2.45) is 0 Å². The summed E-state index contributed by atoms with van der Waals surface area (Å²) in [7, 11) is 0. The lowest BCUT2D eigenvalue weighted by atomic mass is 10.0. The van der Waals surface area contributed by atoms with E-state index in [1.54, 1.807) is 30.3 Å². The highest BCUT2D eigenvalue weighted by atomic mass is 16.5. The van der Waals surface area contributed by atoms with Gasteiger partial charge in [0.05, 0.1) is 12.3 Å². The Morgan fingerprint density at radius 1 is 0.889 bits per heavy atom. The third-order valence-corrected chi connectivity index (χ3v) is 5.81. The maximum absolute atomic E-state index is 13.3. The number of benzene rings is 3. The van der Waals surface area contributed by atoms with E-state index in [2.05, 4.69) is 5.32 Å². The first-order valence-corrected chi connectivity index (χ1v) is 11.9. The van der Waals surface area contributed by atoms with Crippen LogP contribution in [-0.4, -0.2) is 24.5 Å². The van der Waals surface area contributed by atoms with Crippen molar-refractivity contribution in [1.29, 1.82) is 0 Å². The Balaban J connectivity index is 1.62. The van der Waals surface area contributed by atoms with Crippen LogP contribution in [0, 0.1) is 6.92 Å². The van der Waals surface area contributed by atoms with E-state index >= 15 is 0 Å². The number of nitrogens with zero attached hydrogens (tertiary/aromatic N) is 1. The lowest BCUT2D eigenvalue weighted by Gasteiger charge is -2.28. The van der Waals surface area contributed by atoms with Gasteiger partial charge < -0.3 is 9.47 Å². The van der Waals surface area contributed by atoms with Crippen molar-refractivity contribution in [3.05, 3.63) is 94.6 Å². The molecule has 7 heteroatoms. The van der Waals surface area contributed by atoms with Gasteiger partial charge in [-0.2, -0.15) is 0 Å². The molecule has 0 bridgehead atoms. The molecule has 1 saturated heterocycles. The fourth-order valence-electron chi connectivity index (χ4n) is 3.92. The molecule has 3 aromatic carbocycles. The number of carbonyl (C=O) groups excluding carboxylic acids is 3. The number of ether oxygens (including phenoxy) is 2. The number of nitrogens with one attached hydrogen (secondary N) is 1. The summed E-state index contributed by atoms with van der Waals surface area (Å²) in [6, 6.07) is 19.6. The molecule has 0 unspecified atom stereocenters. The number of rotatable bonds is 8. The van der Waals surface area contributed by atoms with Crippen LogP contribution in [0.5, 0.6) is 11.5 Å². The number of amides is 4. The largest absolute Gasteiger partial charge is 0.490 e. The summed E-state index contributed by atoms with van der Waals surface area (Å²) in [4.78, 5) is 39.5. The summed E-state index contributed by atoms with van der Waals surface area (Å²) in [5.41, 5.74) is 3.90. The van der Waals surface area contributed by atoms with E-state index in [0.717, 1.165) is 16.0 Å². The van der Waals surface area contributed by atoms with E-state index < -0.39 is 17.8 Å². The zero-order valence-electron chi connectivity index (χ0n) is 20.5. The van der Waals surface area contributed by atoms with Crippen molar-refractivity contribution in [3.63, 3.8) is 0 Å². The van der Waals surface area contributed by atoms with E-state index in [9.17, 15) is 14.4 Å². The molecule has 1 aliphatic heterocycles. The van der Waals surface area contributed by atoms with E-state index in [0.29, 0.717) is 42.4 Å². The van der Waals surface area contributed by atoms with Gasteiger partial charge in [0.1, 0.15) is 12.2 Å². The van der Waals surface area contributed by atoms with Crippen LogP contribution in [-0.2, 0) is 22.6 Å². The summed E-state index contributed by atoms with van der Waals surface area (Å²) in [5, 5.41) is 2.28. The van der Waals surface area contributed by atoms with Crippen LogP contribution in [0.3, 0.4) is 0 Å². The minimum absolute atomic E-state index is 0.142. The van der Waals surface area contributed by atoms with Crippen LogP contribution in [0.15, 0.2) is 72.3 Å². The zero-order chi connectivity index (χ0) is 25.7. The van der Waals surface area contributed by atoms with Crippen molar-refractivity contribution in [1.82, 2.24) is 5.32 Å². The van der Waals surface area contributed by atoms with Gasteiger partial charge >= 0.3 is 6.03 Å². The molecule has 1 N–H and O–H groups in total. The second-order valence-corrected chi connectivity index (χ2v) is 8.35. The molecule has 184 valence electrons. The Morgan fingerprint density at radius 2 is 1.64 bits per heavy atom. The maximum Gasteiger partial charge on any atom is 0.335 e. The Bertz CT molecular complexity index is 1330. The van der Waals surface area contributed by atoms with Crippen LogP contribution >= 0.6 is 0 Å². The number of hydrogen-bond donors (Lipinski definition) is 1. The quantitative estimate of drug-likeness (QED) is 0.351. The second kappa shape index (κ2) is 10.9. The zero-order valence-corrected chi connectivity index (χ0v) is 20.5. The Morgan fingerprint density at radius 3 is 2.36 bits per heavy atom. The first-order valence-electron chi connectivity index (χ1n) is 11.9. The number of aryl methyl sites for hydroxylation is 2. The van der Waals surface area contributed by atoms with Gasteiger partial charge in [0, 0.05) is 0 Å². The fourth-order valence-corrected chi connectivity index (χ4v) is 3.92. The number of carbonyl (C=O) groups is 3. The van der Waals surface area contributed by atoms with Gasteiger partial charge in [0.2, 0.25) is 0 Å². The molecular formula is C29H28N2O5. The van der Waals surface area contributed by atoms with Crippen LogP contribution < -0.4 is 19.7 Å². The van der Waals surface area contributed by atoms with Crippen molar-refractivity contribution in [2.75, 3.05) is 11.5 Å². The smallest absolute Gasteiger partial charge is 0.335 e. The molecule has 1 aliphatic rings. The summed E-state index contributed by atoms with van der Waals surface area (Å²) in [5.74, 6) is -0.380. The molecule has 0 saturated carbocycles. The summed E-state index contributed by atoms with van der Waals surface area (Å²) >= 11 is 0. The fraction of sp³-hybridized carbons (Fsp3) is 0.207. The number of imide groups is 2.